The molecule has 0 saturated carbocycles. The number of carboxylic acid groups (broad SMARTS) is 1. The van der Waals surface area contributed by atoms with Crippen LogP contribution < -0.4 is 5.32 Å². The maximum absolute atomic E-state index is 11.2. The molecule has 1 aliphatic heterocycles. The van der Waals surface area contributed by atoms with Gasteiger partial charge >= 0.3 is 11.9 Å². The fraction of sp³-hybridized carbons (Fsp3) is 0.800. The van der Waals surface area contributed by atoms with Gasteiger partial charge in [0, 0.05) is 6.54 Å². The van der Waals surface area contributed by atoms with Crippen molar-refractivity contribution < 1.29 is 19.4 Å². The van der Waals surface area contributed by atoms with Gasteiger partial charge in [0.1, 0.15) is 0 Å². The lowest BCUT2D eigenvalue weighted by molar-refractivity contribution is -0.156. The third-order valence-corrected chi connectivity index (χ3v) is 2.30. The summed E-state index contributed by atoms with van der Waals surface area (Å²) in [6.07, 6.45) is 0.531. The molecule has 0 spiro atoms. The highest BCUT2D eigenvalue weighted by Gasteiger charge is 2.36. The predicted molar refractivity (Wildman–Crippen MR) is 55.5 cm³/mol. The van der Waals surface area contributed by atoms with Crippen molar-refractivity contribution in [1.82, 2.24) is 5.32 Å². The molecule has 88 valence electrons. The molecule has 1 rings (SSSR count). The van der Waals surface area contributed by atoms with Gasteiger partial charge in [-0.3, -0.25) is 9.59 Å². The highest BCUT2D eigenvalue weighted by atomic mass is 16.5. The van der Waals surface area contributed by atoms with Gasteiger partial charge < -0.3 is 15.2 Å². The summed E-state index contributed by atoms with van der Waals surface area (Å²) < 4.78 is 4.54. The second-order valence-corrected chi connectivity index (χ2v) is 3.07. The monoisotopic (exact) mass is 217 g/mol. The number of hydrogen-bond donors (Lipinski definition) is 2. The Kier molecular flexibility index (Phi) is 6.70. The molecule has 0 radical (unpaired) electrons. The molecule has 0 aliphatic carbocycles. The first-order chi connectivity index (χ1) is 7.16. The van der Waals surface area contributed by atoms with Crippen molar-refractivity contribution in [1.29, 1.82) is 0 Å². The van der Waals surface area contributed by atoms with Crippen LogP contribution in [0.3, 0.4) is 0 Å². The molecular weight excluding hydrogens is 198 g/mol. The third kappa shape index (κ3) is 3.87. The zero-order valence-corrected chi connectivity index (χ0v) is 9.45. The van der Waals surface area contributed by atoms with Crippen LogP contribution >= 0.6 is 0 Å². The number of methoxy groups -OCH3 is 1. The van der Waals surface area contributed by atoms with Crippen molar-refractivity contribution in [3.05, 3.63) is 0 Å². The molecular formula is C10H19NO4. The smallest absolute Gasteiger partial charge is 0.309 e. The lowest BCUT2D eigenvalue weighted by atomic mass is 9.86. The number of rotatable bonds is 2. The maximum Gasteiger partial charge on any atom is 0.309 e. The van der Waals surface area contributed by atoms with E-state index in [0.29, 0.717) is 19.5 Å². The highest BCUT2D eigenvalue weighted by Crippen LogP contribution is 2.20. The molecule has 2 atom stereocenters. The van der Waals surface area contributed by atoms with E-state index in [-0.39, 0.29) is 0 Å². The van der Waals surface area contributed by atoms with Crippen molar-refractivity contribution >= 4 is 11.9 Å². The number of carboxylic acids is 1. The van der Waals surface area contributed by atoms with E-state index in [0.717, 1.165) is 0 Å². The van der Waals surface area contributed by atoms with E-state index >= 15 is 0 Å². The molecule has 1 heterocycles. The van der Waals surface area contributed by atoms with E-state index in [4.69, 9.17) is 5.11 Å². The van der Waals surface area contributed by atoms with Crippen LogP contribution in [0.5, 0.6) is 0 Å². The van der Waals surface area contributed by atoms with Crippen LogP contribution in [0.2, 0.25) is 0 Å². The van der Waals surface area contributed by atoms with Gasteiger partial charge in [0.25, 0.3) is 0 Å². The van der Waals surface area contributed by atoms with E-state index in [2.05, 4.69) is 10.1 Å². The van der Waals surface area contributed by atoms with Crippen molar-refractivity contribution in [3.8, 4) is 0 Å². The van der Waals surface area contributed by atoms with Crippen LogP contribution in [-0.4, -0.2) is 37.2 Å². The van der Waals surface area contributed by atoms with Crippen molar-refractivity contribution in [2.24, 2.45) is 11.8 Å². The quantitative estimate of drug-likeness (QED) is 0.659. The Balaban J connectivity index is 0.000000921. The second kappa shape index (κ2) is 7.23. The number of ether oxygens (including phenoxy) is 1. The van der Waals surface area contributed by atoms with Crippen molar-refractivity contribution in [2.75, 3.05) is 20.2 Å². The van der Waals surface area contributed by atoms with Crippen LogP contribution in [0.15, 0.2) is 0 Å². The van der Waals surface area contributed by atoms with Crippen molar-refractivity contribution in [2.45, 2.75) is 20.3 Å². The Morgan fingerprint density at radius 2 is 1.93 bits per heavy atom. The predicted octanol–water partition coefficient (Wildman–Crippen LogP) is 0.496. The molecule has 5 nitrogen and oxygen atoms in total. The fourth-order valence-corrected chi connectivity index (χ4v) is 1.55. The van der Waals surface area contributed by atoms with Gasteiger partial charge in [-0.05, 0) is 13.0 Å². The summed E-state index contributed by atoms with van der Waals surface area (Å²) in [4.78, 5) is 21.9. The first-order valence-corrected chi connectivity index (χ1v) is 5.18. The summed E-state index contributed by atoms with van der Waals surface area (Å²) in [6, 6.07) is 0. The number of piperidine rings is 1. The number of aliphatic carboxylic acids is 1. The van der Waals surface area contributed by atoms with E-state index in [9.17, 15) is 9.59 Å². The molecule has 1 saturated heterocycles. The molecule has 0 aromatic rings. The zero-order chi connectivity index (χ0) is 11.8. The van der Waals surface area contributed by atoms with Gasteiger partial charge in [-0.2, -0.15) is 0 Å². The van der Waals surface area contributed by atoms with Gasteiger partial charge in [0.2, 0.25) is 0 Å². The molecule has 2 unspecified atom stereocenters. The topological polar surface area (TPSA) is 75.6 Å². The third-order valence-electron chi connectivity index (χ3n) is 2.30. The molecule has 0 aromatic carbocycles. The number of nitrogens with one attached hydrogen (secondary N) is 1. The molecule has 1 fully saturated rings. The highest BCUT2D eigenvalue weighted by molar-refractivity contribution is 5.81. The fourth-order valence-electron chi connectivity index (χ4n) is 1.55. The standard InChI is InChI=1S/C8H13NO4.C2H6/c1-13-8(12)5-2-3-9-4-6(5)7(10)11;1-2/h5-6,9H,2-4H2,1H3,(H,10,11);1-2H3. The van der Waals surface area contributed by atoms with Gasteiger partial charge in [0.05, 0.1) is 18.9 Å². The summed E-state index contributed by atoms with van der Waals surface area (Å²) >= 11 is 0. The summed E-state index contributed by atoms with van der Waals surface area (Å²) in [5, 5.41) is 11.7. The van der Waals surface area contributed by atoms with Gasteiger partial charge in [0.15, 0.2) is 0 Å². The first-order valence-electron chi connectivity index (χ1n) is 5.18. The molecule has 15 heavy (non-hydrogen) atoms. The summed E-state index contributed by atoms with van der Waals surface area (Å²) in [5.74, 6) is -2.51. The molecule has 0 bridgehead atoms. The lowest BCUT2D eigenvalue weighted by Gasteiger charge is -2.26. The normalized spacial score (nSPS) is 24.7. The molecule has 5 heteroatoms. The lowest BCUT2D eigenvalue weighted by Crippen LogP contribution is -2.44. The van der Waals surface area contributed by atoms with E-state index in [1.54, 1.807) is 0 Å². The number of carbonyl (C=O) groups is 2. The Morgan fingerprint density at radius 1 is 1.33 bits per heavy atom. The van der Waals surface area contributed by atoms with E-state index < -0.39 is 23.8 Å². The second-order valence-electron chi connectivity index (χ2n) is 3.07. The average Bonchev–Trinajstić information content (AvgIpc) is 2.30. The average molecular weight is 217 g/mol. The van der Waals surface area contributed by atoms with Crippen LogP contribution in [0.4, 0.5) is 0 Å². The Hall–Kier alpha value is -1.10. The summed E-state index contributed by atoms with van der Waals surface area (Å²) in [5.41, 5.74) is 0. The van der Waals surface area contributed by atoms with E-state index in [1.807, 2.05) is 13.8 Å². The maximum atomic E-state index is 11.2. The zero-order valence-electron chi connectivity index (χ0n) is 9.45. The Labute approximate surface area is 89.8 Å². The van der Waals surface area contributed by atoms with Crippen LogP contribution in [0, 0.1) is 11.8 Å². The Bertz CT molecular complexity index is 217. The van der Waals surface area contributed by atoms with Gasteiger partial charge in [-0.15, -0.1) is 0 Å². The number of carbonyl (C=O) groups excluding carboxylic acids is 1. The van der Waals surface area contributed by atoms with Crippen molar-refractivity contribution in [3.63, 3.8) is 0 Å². The SMILES string of the molecule is CC.COC(=O)C1CCNCC1C(=O)O. The summed E-state index contributed by atoms with van der Waals surface area (Å²) in [6.45, 7) is 5.01. The minimum atomic E-state index is -0.942. The molecule has 1 aliphatic rings. The van der Waals surface area contributed by atoms with Crippen LogP contribution in [-0.2, 0) is 14.3 Å². The minimum Gasteiger partial charge on any atom is -0.481 e. The molecule has 0 amide bonds. The van der Waals surface area contributed by atoms with Crippen LogP contribution in [0.25, 0.3) is 0 Å². The number of esters is 1. The Morgan fingerprint density at radius 3 is 2.40 bits per heavy atom. The number of hydrogen-bond acceptors (Lipinski definition) is 4. The van der Waals surface area contributed by atoms with E-state index in [1.165, 1.54) is 7.11 Å². The first kappa shape index (κ1) is 13.9. The van der Waals surface area contributed by atoms with Crippen LogP contribution in [0.1, 0.15) is 20.3 Å². The molecule has 0 aromatic heterocycles. The van der Waals surface area contributed by atoms with Gasteiger partial charge in [-0.25, -0.2) is 0 Å². The molecule has 2 N–H and O–H groups in total. The summed E-state index contributed by atoms with van der Waals surface area (Å²) in [7, 11) is 1.28. The minimum absolute atomic E-state index is 0.342. The van der Waals surface area contributed by atoms with Gasteiger partial charge in [-0.1, -0.05) is 13.8 Å². The largest absolute Gasteiger partial charge is 0.481 e.